The number of nitrogens with one attached hydrogen (secondary N) is 1. The van der Waals surface area contributed by atoms with Gasteiger partial charge in [0.1, 0.15) is 11.9 Å². The van der Waals surface area contributed by atoms with Gasteiger partial charge in [0, 0.05) is 31.9 Å². The van der Waals surface area contributed by atoms with Crippen LogP contribution in [0.25, 0.3) is 0 Å². The van der Waals surface area contributed by atoms with Crippen molar-refractivity contribution < 1.29 is 14.6 Å². The first-order valence-corrected chi connectivity index (χ1v) is 12.0. The zero-order chi connectivity index (χ0) is 22.3. The minimum absolute atomic E-state index is 0.109. The van der Waals surface area contributed by atoms with Crippen LogP contribution in [-0.2, 0) is 28.8 Å². The number of hydrogen-bond donors (Lipinski definition) is 2. The highest BCUT2D eigenvalue weighted by Crippen LogP contribution is 2.27. The molecule has 0 saturated carbocycles. The number of fused-ring (bicyclic) bond motifs is 1. The quantitative estimate of drug-likeness (QED) is 0.542. The number of ether oxygens (including phenoxy) is 1. The lowest BCUT2D eigenvalue weighted by Gasteiger charge is -2.25. The van der Waals surface area contributed by atoms with E-state index in [0.29, 0.717) is 13.2 Å². The van der Waals surface area contributed by atoms with E-state index < -0.39 is 12.0 Å². The summed E-state index contributed by atoms with van der Waals surface area (Å²) in [5.41, 5.74) is 4.51. The fraction of sp³-hybridized carbons (Fsp3) is 0.538. The lowest BCUT2D eigenvalue weighted by molar-refractivity contribution is -0.143. The molecular formula is C26H35N3O3. The number of aliphatic carboxylic acids is 1. The smallest absolute Gasteiger partial charge is 0.325 e. The number of anilines is 1. The Kier molecular flexibility index (Phi) is 7.76. The molecule has 1 aromatic heterocycles. The molecule has 6 heteroatoms. The van der Waals surface area contributed by atoms with E-state index in [1.165, 1.54) is 17.5 Å². The summed E-state index contributed by atoms with van der Waals surface area (Å²) in [6.45, 7) is 5.25. The number of carbonyl (C=O) groups is 1. The lowest BCUT2D eigenvalue weighted by Crippen LogP contribution is -2.33. The van der Waals surface area contributed by atoms with Crippen molar-refractivity contribution in [3.05, 3.63) is 58.8 Å². The lowest BCUT2D eigenvalue weighted by atomic mass is 10.0. The topological polar surface area (TPSA) is 74.7 Å². The molecule has 0 spiro atoms. The average Bonchev–Trinajstić information content (AvgIpc) is 3.27. The minimum atomic E-state index is -0.786. The van der Waals surface area contributed by atoms with Crippen LogP contribution in [0, 0.1) is 0 Å². The number of carboxylic acids is 1. The zero-order valence-electron chi connectivity index (χ0n) is 19.1. The predicted octanol–water partition coefficient (Wildman–Crippen LogP) is 4.24. The highest BCUT2D eigenvalue weighted by atomic mass is 16.5. The van der Waals surface area contributed by atoms with Crippen molar-refractivity contribution in [3.8, 4) is 0 Å². The third-order valence-corrected chi connectivity index (χ3v) is 6.58. The van der Waals surface area contributed by atoms with Gasteiger partial charge in [-0.05, 0) is 67.7 Å². The Bertz CT molecular complexity index is 917. The highest BCUT2D eigenvalue weighted by Gasteiger charge is 2.34. The Balaban J connectivity index is 1.21. The largest absolute Gasteiger partial charge is 0.480 e. The number of rotatable bonds is 10. The van der Waals surface area contributed by atoms with Gasteiger partial charge in [-0.25, -0.2) is 4.98 Å². The summed E-state index contributed by atoms with van der Waals surface area (Å²) in [5, 5.41) is 13.3. The van der Waals surface area contributed by atoms with Gasteiger partial charge in [0.25, 0.3) is 0 Å². The number of carboxylic acid groups (broad SMARTS) is 1. The van der Waals surface area contributed by atoms with Gasteiger partial charge in [0.15, 0.2) is 0 Å². The summed E-state index contributed by atoms with van der Waals surface area (Å²) in [6.07, 6.45) is 7.20. The van der Waals surface area contributed by atoms with Crippen LogP contribution >= 0.6 is 0 Å². The maximum atomic E-state index is 12.0. The van der Waals surface area contributed by atoms with Crippen molar-refractivity contribution in [1.29, 1.82) is 0 Å². The second-order valence-corrected chi connectivity index (χ2v) is 8.91. The number of aryl methyl sites for hydroxylation is 3. The van der Waals surface area contributed by atoms with Gasteiger partial charge in [-0.2, -0.15) is 0 Å². The monoisotopic (exact) mass is 437 g/mol. The van der Waals surface area contributed by atoms with Crippen LogP contribution in [-0.4, -0.2) is 53.3 Å². The summed E-state index contributed by atoms with van der Waals surface area (Å²) in [6, 6.07) is 11.7. The van der Waals surface area contributed by atoms with Crippen molar-refractivity contribution in [2.75, 3.05) is 31.6 Å². The summed E-state index contributed by atoms with van der Waals surface area (Å²) >= 11 is 0. The molecule has 4 rings (SSSR count). The van der Waals surface area contributed by atoms with E-state index in [4.69, 9.17) is 9.72 Å². The van der Waals surface area contributed by atoms with Gasteiger partial charge < -0.3 is 15.2 Å². The van der Waals surface area contributed by atoms with E-state index >= 15 is 0 Å². The number of likely N-dealkylation sites (tertiary alicyclic amines) is 1. The summed E-state index contributed by atoms with van der Waals surface area (Å²) < 4.78 is 6.11. The van der Waals surface area contributed by atoms with E-state index in [9.17, 15) is 9.90 Å². The van der Waals surface area contributed by atoms with Gasteiger partial charge in [-0.1, -0.05) is 37.3 Å². The van der Waals surface area contributed by atoms with Crippen LogP contribution in [0.15, 0.2) is 36.4 Å². The number of aromatic nitrogens is 1. The molecule has 1 aromatic carbocycles. The van der Waals surface area contributed by atoms with Crippen LogP contribution in [0.4, 0.5) is 5.82 Å². The van der Waals surface area contributed by atoms with Gasteiger partial charge >= 0.3 is 5.97 Å². The van der Waals surface area contributed by atoms with Crippen LogP contribution in [0.3, 0.4) is 0 Å². The molecule has 1 fully saturated rings. The first-order chi connectivity index (χ1) is 15.6. The third-order valence-electron chi connectivity index (χ3n) is 6.58. The average molecular weight is 438 g/mol. The Labute approximate surface area is 191 Å². The maximum absolute atomic E-state index is 12.0. The number of nitrogens with zero attached hydrogens (tertiary/aromatic N) is 2. The van der Waals surface area contributed by atoms with Gasteiger partial charge in [0.05, 0.1) is 6.10 Å². The molecule has 0 aliphatic carbocycles. The van der Waals surface area contributed by atoms with Crippen LogP contribution in [0.2, 0.25) is 0 Å². The van der Waals surface area contributed by atoms with Crippen molar-refractivity contribution in [2.24, 2.45) is 0 Å². The Morgan fingerprint density at radius 1 is 1.31 bits per heavy atom. The molecule has 2 aromatic rings. The SMILES string of the molecule is CCc1cccc(C(C(=O)O)N2CCC(OCCCCc3ccc4c(n3)NCCC4)C2)c1. The van der Waals surface area contributed by atoms with Gasteiger partial charge in [-0.3, -0.25) is 9.69 Å². The number of unbranched alkanes of at least 4 members (excludes halogenated alkanes) is 1. The van der Waals surface area contributed by atoms with E-state index in [0.717, 1.165) is 68.7 Å². The molecule has 172 valence electrons. The molecule has 0 amide bonds. The molecule has 2 atom stereocenters. The Hall–Kier alpha value is -2.44. The normalized spacial score (nSPS) is 19.3. The predicted molar refractivity (Wildman–Crippen MR) is 126 cm³/mol. The number of benzene rings is 1. The van der Waals surface area contributed by atoms with Crippen molar-refractivity contribution in [2.45, 2.75) is 64.0 Å². The molecule has 2 N–H and O–H groups in total. The summed E-state index contributed by atoms with van der Waals surface area (Å²) in [5.74, 6) is 0.277. The maximum Gasteiger partial charge on any atom is 0.325 e. The zero-order valence-corrected chi connectivity index (χ0v) is 19.1. The standard InChI is InChI=1S/C26H35N3O3/c1-2-19-7-5-8-21(17-19)24(26(30)31)29-15-13-23(18-29)32-16-4-3-10-22-12-11-20-9-6-14-27-25(20)28-22/h5,7-8,11-12,17,23-24H,2-4,6,9-10,13-16,18H2,1H3,(H,27,28)(H,30,31). The van der Waals surface area contributed by atoms with Crippen molar-refractivity contribution in [1.82, 2.24) is 9.88 Å². The molecule has 6 nitrogen and oxygen atoms in total. The second kappa shape index (κ2) is 10.9. The van der Waals surface area contributed by atoms with E-state index in [1.54, 1.807) is 0 Å². The molecular weight excluding hydrogens is 402 g/mol. The summed E-state index contributed by atoms with van der Waals surface area (Å²) in [7, 11) is 0. The van der Waals surface area contributed by atoms with Crippen LogP contribution < -0.4 is 5.32 Å². The van der Waals surface area contributed by atoms with Gasteiger partial charge in [0.2, 0.25) is 0 Å². The Morgan fingerprint density at radius 2 is 2.22 bits per heavy atom. The van der Waals surface area contributed by atoms with Crippen LogP contribution in [0.5, 0.6) is 0 Å². The first kappa shape index (κ1) is 22.7. The Morgan fingerprint density at radius 3 is 3.06 bits per heavy atom. The fourth-order valence-electron chi connectivity index (χ4n) is 4.78. The van der Waals surface area contributed by atoms with E-state index in [-0.39, 0.29) is 6.10 Å². The first-order valence-electron chi connectivity index (χ1n) is 12.0. The van der Waals surface area contributed by atoms with Gasteiger partial charge in [-0.15, -0.1) is 0 Å². The molecule has 0 bridgehead atoms. The van der Waals surface area contributed by atoms with Crippen molar-refractivity contribution in [3.63, 3.8) is 0 Å². The van der Waals surface area contributed by atoms with Crippen molar-refractivity contribution >= 4 is 11.8 Å². The minimum Gasteiger partial charge on any atom is -0.480 e. The molecule has 0 radical (unpaired) electrons. The molecule has 1 saturated heterocycles. The molecule has 2 aliphatic rings. The highest BCUT2D eigenvalue weighted by molar-refractivity contribution is 5.75. The van der Waals surface area contributed by atoms with Crippen LogP contribution in [0.1, 0.15) is 61.0 Å². The molecule has 2 unspecified atom stereocenters. The number of pyridine rings is 1. The molecule has 3 heterocycles. The van der Waals surface area contributed by atoms with E-state index in [2.05, 4.69) is 30.4 Å². The third kappa shape index (κ3) is 5.67. The molecule has 2 aliphatic heterocycles. The summed E-state index contributed by atoms with van der Waals surface area (Å²) in [4.78, 5) is 18.8. The number of hydrogen-bond acceptors (Lipinski definition) is 5. The fourth-order valence-corrected chi connectivity index (χ4v) is 4.78. The second-order valence-electron chi connectivity index (χ2n) is 8.91. The van der Waals surface area contributed by atoms with E-state index in [1.807, 2.05) is 23.1 Å². The molecule has 32 heavy (non-hydrogen) atoms.